The predicted octanol–water partition coefficient (Wildman–Crippen LogP) is 2.36. The van der Waals surface area contributed by atoms with Crippen molar-refractivity contribution in [2.45, 2.75) is 91.7 Å². The monoisotopic (exact) mass is 622 g/mol. The Morgan fingerprint density at radius 1 is 0.841 bits per heavy atom. The van der Waals surface area contributed by atoms with Crippen LogP contribution < -0.4 is 19.8 Å². The van der Waals surface area contributed by atoms with Gasteiger partial charge in [0.2, 0.25) is 12.4 Å². The quantitative estimate of drug-likeness (QED) is 0.201. The maximum absolute atomic E-state index is 12.8. The molecule has 1 saturated heterocycles. The lowest BCUT2D eigenvalue weighted by molar-refractivity contribution is -0.288. The van der Waals surface area contributed by atoms with Crippen LogP contribution in [0.15, 0.2) is 27.4 Å². The number of hydrogen-bond acceptors (Lipinski definition) is 15. The van der Waals surface area contributed by atoms with Crippen molar-refractivity contribution in [1.82, 2.24) is 0 Å². The molecule has 1 aromatic carbocycles. The zero-order valence-corrected chi connectivity index (χ0v) is 25.2. The van der Waals surface area contributed by atoms with E-state index < -0.39 is 84.6 Å². The number of carbonyl (C=O) groups excluding carboxylic acids is 5. The van der Waals surface area contributed by atoms with Crippen molar-refractivity contribution < 1.29 is 66.3 Å². The van der Waals surface area contributed by atoms with Gasteiger partial charge in [-0.3, -0.25) is 24.0 Å². The van der Waals surface area contributed by atoms with E-state index in [1.165, 1.54) is 18.2 Å². The predicted molar refractivity (Wildman–Crippen MR) is 147 cm³/mol. The molecule has 1 aliphatic heterocycles. The minimum atomic E-state index is -1.52. The molecule has 0 amide bonds. The number of benzene rings is 1. The number of rotatable bonds is 11. The van der Waals surface area contributed by atoms with Gasteiger partial charge in [-0.25, -0.2) is 4.79 Å². The zero-order chi connectivity index (χ0) is 32.7. The van der Waals surface area contributed by atoms with Gasteiger partial charge in [-0.2, -0.15) is 0 Å². The van der Waals surface area contributed by atoms with Crippen molar-refractivity contribution in [3.05, 3.63) is 28.6 Å². The summed E-state index contributed by atoms with van der Waals surface area (Å²) in [7, 11) is 0. The standard InChI is InChI=1S/C29H34O15/c1-8-22(34)44-26-23(37-13(2)3)19-10-9-18(11-20(19)42-28(26)35)41-29-27(40-17(7)33)25(39-16(6)32)24(38-15(5)31)21(43-29)12-36-14(4)30/h9-11,13,21,24-25,27,29H,8,12H2,1-7H3/t21-,24-,25+,27+,29+/m1/s1. The minimum Gasteiger partial charge on any atom is -0.486 e. The van der Waals surface area contributed by atoms with Crippen molar-refractivity contribution >= 4 is 40.8 Å². The second-order valence-electron chi connectivity index (χ2n) is 9.89. The summed E-state index contributed by atoms with van der Waals surface area (Å²) < 4.78 is 49.5. The largest absolute Gasteiger partial charge is 0.486 e. The van der Waals surface area contributed by atoms with E-state index in [1.54, 1.807) is 20.8 Å². The third-order valence-electron chi connectivity index (χ3n) is 5.85. The van der Waals surface area contributed by atoms with Crippen LogP contribution in [0.3, 0.4) is 0 Å². The van der Waals surface area contributed by atoms with E-state index in [1.807, 2.05) is 0 Å². The molecule has 1 aliphatic rings. The van der Waals surface area contributed by atoms with Gasteiger partial charge in [-0.05, 0) is 26.0 Å². The first-order chi connectivity index (χ1) is 20.7. The average molecular weight is 623 g/mol. The third kappa shape index (κ3) is 8.69. The highest BCUT2D eigenvalue weighted by atomic mass is 16.7. The normalized spacial score (nSPS) is 21.2. The Bertz CT molecular complexity index is 1460. The van der Waals surface area contributed by atoms with E-state index in [4.69, 9.17) is 42.3 Å². The Balaban J connectivity index is 2.09. The average Bonchev–Trinajstić information content (AvgIpc) is 2.91. The summed E-state index contributed by atoms with van der Waals surface area (Å²) in [4.78, 5) is 72.4. The Kier molecular flexibility index (Phi) is 11.3. The Morgan fingerprint density at radius 3 is 2.02 bits per heavy atom. The van der Waals surface area contributed by atoms with Crippen LogP contribution in [-0.4, -0.2) is 73.3 Å². The Hall–Kier alpha value is -4.66. The summed E-state index contributed by atoms with van der Waals surface area (Å²) in [6.07, 6.45) is -7.45. The van der Waals surface area contributed by atoms with Crippen LogP contribution in [0, 0.1) is 0 Å². The second kappa shape index (κ2) is 14.7. The highest BCUT2D eigenvalue weighted by molar-refractivity contribution is 5.88. The van der Waals surface area contributed by atoms with Crippen molar-refractivity contribution in [2.75, 3.05) is 6.61 Å². The molecule has 0 unspecified atom stereocenters. The summed E-state index contributed by atoms with van der Waals surface area (Å²) in [5.74, 6) is -4.15. The topological polar surface area (TPSA) is 189 Å². The highest BCUT2D eigenvalue weighted by Crippen LogP contribution is 2.37. The van der Waals surface area contributed by atoms with Crippen LogP contribution in [-0.2, 0) is 47.7 Å². The molecule has 5 atom stereocenters. The van der Waals surface area contributed by atoms with E-state index in [2.05, 4.69) is 0 Å². The maximum atomic E-state index is 12.8. The van der Waals surface area contributed by atoms with Crippen LogP contribution in [0.25, 0.3) is 11.0 Å². The number of carbonyl (C=O) groups is 5. The van der Waals surface area contributed by atoms with E-state index in [0.29, 0.717) is 0 Å². The first kappa shape index (κ1) is 33.8. The van der Waals surface area contributed by atoms with E-state index >= 15 is 0 Å². The van der Waals surface area contributed by atoms with E-state index in [0.717, 1.165) is 27.7 Å². The summed E-state index contributed by atoms with van der Waals surface area (Å²) >= 11 is 0. The van der Waals surface area contributed by atoms with E-state index in [-0.39, 0.29) is 28.9 Å². The fourth-order valence-electron chi connectivity index (χ4n) is 4.25. The van der Waals surface area contributed by atoms with Gasteiger partial charge in [-0.1, -0.05) is 6.92 Å². The molecular weight excluding hydrogens is 588 g/mol. The molecule has 15 nitrogen and oxygen atoms in total. The van der Waals surface area contributed by atoms with Gasteiger partial charge >= 0.3 is 35.5 Å². The van der Waals surface area contributed by atoms with Crippen LogP contribution in [0.2, 0.25) is 0 Å². The summed E-state index contributed by atoms with van der Waals surface area (Å²) in [5, 5.41) is 0.270. The lowest BCUT2D eigenvalue weighted by Crippen LogP contribution is -2.63. The third-order valence-corrected chi connectivity index (χ3v) is 5.85. The van der Waals surface area contributed by atoms with Crippen LogP contribution in [0.5, 0.6) is 17.2 Å². The molecule has 44 heavy (non-hydrogen) atoms. The molecule has 2 aromatic rings. The van der Waals surface area contributed by atoms with Gasteiger partial charge in [0, 0.05) is 40.2 Å². The molecule has 15 heteroatoms. The minimum absolute atomic E-state index is 0.00135. The Labute approximate surface area is 251 Å². The first-order valence-electron chi connectivity index (χ1n) is 13.6. The van der Waals surface area contributed by atoms with Crippen molar-refractivity contribution in [3.8, 4) is 17.2 Å². The first-order valence-corrected chi connectivity index (χ1v) is 13.6. The van der Waals surface area contributed by atoms with Crippen LogP contribution >= 0.6 is 0 Å². The molecule has 3 rings (SSSR count). The lowest BCUT2D eigenvalue weighted by Gasteiger charge is -2.43. The Morgan fingerprint density at radius 2 is 1.45 bits per heavy atom. The smallest absolute Gasteiger partial charge is 0.383 e. The molecule has 0 N–H and O–H groups in total. The molecule has 0 spiro atoms. The molecule has 2 heterocycles. The highest BCUT2D eigenvalue weighted by Gasteiger charge is 2.53. The summed E-state index contributed by atoms with van der Waals surface area (Å²) in [6.45, 7) is 8.99. The van der Waals surface area contributed by atoms with Gasteiger partial charge in [0.15, 0.2) is 18.0 Å². The second-order valence-corrected chi connectivity index (χ2v) is 9.89. The van der Waals surface area contributed by atoms with Gasteiger partial charge < -0.3 is 42.3 Å². The lowest BCUT2D eigenvalue weighted by atomic mass is 9.98. The maximum Gasteiger partial charge on any atom is 0.383 e. The van der Waals surface area contributed by atoms with Crippen LogP contribution in [0.1, 0.15) is 54.9 Å². The van der Waals surface area contributed by atoms with Gasteiger partial charge in [0.1, 0.15) is 24.0 Å². The SMILES string of the molecule is CCC(=O)Oc1c(OC(C)C)c2ccc(O[C@H]3O[C@H](COC(C)=O)[C@@H](OC(C)=O)[C@H](OC(C)=O)[C@@H]3OC(C)=O)cc2oc1=O. The molecule has 1 fully saturated rings. The van der Waals surface area contributed by atoms with Gasteiger partial charge in [-0.15, -0.1) is 0 Å². The molecule has 1 aromatic heterocycles. The van der Waals surface area contributed by atoms with Crippen molar-refractivity contribution in [1.29, 1.82) is 0 Å². The number of esters is 5. The fourth-order valence-corrected chi connectivity index (χ4v) is 4.25. The molecule has 0 radical (unpaired) electrons. The van der Waals surface area contributed by atoms with Crippen molar-refractivity contribution in [3.63, 3.8) is 0 Å². The fraction of sp³-hybridized carbons (Fsp3) is 0.517. The van der Waals surface area contributed by atoms with E-state index in [9.17, 15) is 28.8 Å². The molecular formula is C29H34O15. The molecule has 0 aliphatic carbocycles. The van der Waals surface area contributed by atoms with Gasteiger partial charge in [0.05, 0.1) is 11.5 Å². The molecule has 240 valence electrons. The van der Waals surface area contributed by atoms with Crippen molar-refractivity contribution in [2.24, 2.45) is 0 Å². The summed E-state index contributed by atoms with van der Waals surface area (Å²) in [5.41, 5.74) is -1.01. The molecule has 0 saturated carbocycles. The number of fused-ring (bicyclic) bond motifs is 1. The van der Waals surface area contributed by atoms with Crippen LogP contribution in [0.4, 0.5) is 0 Å². The number of hydrogen-bond donors (Lipinski definition) is 0. The number of ether oxygens (including phenoxy) is 8. The van der Waals surface area contributed by atoms with Gasteiger partial charge in [0.25, 0.3) is 5.75 Å². The summed E-state index contributed by atoms with van der Waals surface area (Å²) in [6, 6.07) is 4.22. The zero-order valence-electron chi connectivity index (χ0n) is 25.2. The molecule has 0 bridgehead atoms.